The maximum Gasteiger partial charge on any atom is 0.181 e. The smallest absolute Gasteiger partial charge is 0.181 e. The Bertz CT molecular complexity index is 513. The Kier molecular flexibility index (Phi) is 3.12. The first-order valence-electron chi connectivity index (χ1n) is 5.08. The fourth-order valence-corrected chi connectivity index (χ4v) is 1.50. The van der Waals surface area contributed by atoms with E-state index in [1.54, 1.807) is 30.7 Å². The van der Waals surface area contributed by atoms with Gasteiger partial charge in [0.25, 0.3) is 0 Å². The van der Waals surface area contributed by atoms with Crippen LogP contribution in [0.5, 0.6) is 0 Å². The molecule has 0 fully saturated rings. The molecule has 16 heavy (non-hydrogen) atoms. The Labute approximate surface area is 93.4 Å². The van der Waals surface area contributed by atoms with Crippen LogP contribution in [0.15, 0.2) is 47.7 Å². The summed E-state index contributed by atoms with van der Waals surface area (Å²) in [6.07, 6.45) is 5.29. The number of aromatic nitrogens is 2. The zero-order valence-corrected chi connectivity index (χ0v) is 8.84. The lowest BCUT2D eigenvalue weighted by Crippen LogP contribution is -2.06. The van der Waals surface area contributed by atoms with Crippen LogP contribution in [0, 0.1) is 0 Å². The third kappa shape index (κ3) is 2.55. The van der Waals surface area contributed by atoms with E-state index in [-0.39, 0.29) is 5.43 Å². The van der Waals surface area contributed by atoms with Crippen molar-refractivity contribution in [1.82, 2.24) is 9.55 Å². The maximum absolute atomic E-state index is 10.9. The molecule has 2 aromatic heterocycles. The lowest BCUT2D eigenvalue weighted by Gasteiger charge is -2.06. The summed E-state index contributed by atoms with van der Waals surface area (Å²) in [5.41, 5.74) is 7.54. The molecule has 2 heterocycles. The summed E-state index contributed by atoms with van der Waals surface area (Å²) in [7, 11) is 0. The van der Waals surface area contributed by atoms with Gasteiger partial charge in [0.2, 0.25) is 0 Å². The first kappa shape index (κ1) is 10.6. The number of nitrogens with zero attached hydrogens (tertiary/aromatic N) is 2. The summed E-state index contributed by atoms with van der Waals surface area (Å²) >= 11 is 0. The highest BCUT2D eigenvalue weighted by atomic mass is 16.1. The van der Waals surface area contributed by atoms with Crippen LogP contribution in [0.25, 0.3) is 0 Å². The second kappa shape index (κ2) is 4.72. The topological polar surface area (TPSA) is 60.9 Å². The predicted octanol–water partition coefficient (Wildman–Crippen LogP) is 0.750. The maximum atomic E-state index is 10.9. The van der Waals surface area contributed by atoms with Crippen LogP contribution in [-0.4, -0.2) is 9.55 Å². The van der Waals surface area contributed by atoms with Gasteiger partial charge in [-0.1, -0.05) is 0 Å². The Hall–Kier alpha value is -1.94. The zero-order valence-electron chi connectivity index (χ0n) is 8.84. The molecule has 0 bridgehead atoms. The summed E-state index contributed by atoms with van der Waals surface area (Å²) in [5, 5.41) is 0. The average Bonchev–Trinajstić information content (AvgIpc) is 2.32. The van der Waals surface area contributed by atoms with Gasteiger partial charge in [0, 0.05) is 43.8 Å². The van der Waals surface area contributed by atoms with Gasteiger partial charge in [-0.15, -0.1) is 0 Å². The fraction of sp³-hybridized carbons (Fsp3) is 0.167. The van der Waals surface area contributed by atoms with Crippen LogP contribution in [0.2, 0.25) is 0 Å². The highest BCUT2D eigenvalue weighted by Gasteiger charge is 1.96. The molecule has 0 aromatic carbocycles. The minimum atomic E-state index is 0.0219. The average molecular weight is 215 g/mol. The first-order valence-corrected chi connectivity index (χ1v) is 5.08. The van der Waals surface area contributed by atoms with E-state index in [0.29, 0.717) is 6.54 Å². The first-order chi connectivity index (χ1) is 7.78. The normalized spacial score (nSPS) is 10.3. The number of nitrogens with two attached hydrogens (primary N) is 1. The minimum absolute atomic E-state index is 0.0219. The number of rotatable bonds is 3. The number of hydrogen-bond donors (Lipinski definition) is 1. The van der Waals surface area contributed by atoms with Gasteiger partial charge < -0.3 is 10.3 Å². The van der Waals surface area contributed by atoms with Crippen molar-refractivity contribution in [3.05, 3.63) is 64.3 Å². The van der Waals surface area contributed by atoms with E-state index >= 15 is 0 Å². The van der Waals surface area contributed by atoms with Gasteiger partial charge in [-0.3, -0.25) is 9.78 Å². The van der Waals surface area contributed by atoms with Crippen LogP contribution in [0.4, 0.5) is 0 Å². The molecule has 0 saturated heterocycles. The highest BCUT2D eigenvalue weighted by Crippen LogP contribution is 2.03. The molecule has 82 valence electrons. The summed E-state index contributed by atoms with van der Waals surface area (Å²) in [5.74, 6) is 0. The second-order valence-electron chi connectivity index (χ2n) is 3.57. The molecule has 4 nitrogen and oxygen atoms in total. The van der Waals surface area contributed by atoms with Gasteiger partial charge >= 0.3 is 0 Å². The number of pyridine rings is 2. The molecule has 0 aliphatic rings. The van der Waals surface area contributed by atoms with Crippen molar-refractivity contribution in [1.29, 1.82) is 0 Å². The van der Waals surface area contributed by atoms with Crippen molar-refractivity contribution in [2.24, 2.45) is 5.73 Å². The van der Waals surface area contributed by atoms with Crippen molar-refractivity contribution < 1.29 is 0 Å². The fourth-order valence-electron chi connectivity index (χ4n) is 1.50. The minimum Gasteiger partial charge on any atom is -0.350 e. The summed E-state index contributed by atoms with van der Waals surface area (Å²) in [6, 6.07) is 7.01. The third-order valence-electron chi connectivity index (χ3n) is 2.32. The van der Waals surface area contributed by atoms with Crippen molar-refractivity contribution in [3.63, 3.8) is 0 Å². The molecular weight excluding hydrogens is 202 g/mol. The quantitative estimate of drug-likeness (QED) is 0.821. The van der Waals surface area contributed by atoms with Crippen LogP contribution >= 0.6 is 0 Å². The van der Waals surface area contributed by atoms with Gasteiger partial charge in [-0.2, -0.15) is 0 Å². The molecule has 0 saturated carbocycles. The van der Waals surface area contributed by atoms with E-state index in [1.165, 1.54) is 0 Å². The monoisotopic (exact) mass is 215 g/mol. The third-order valence-corrected chi connectivity index (χ3v) is 2.32. The van der Waals surface area contributed by atoms with Crippen LogP contribution < -0.4 is 11.2 Å². The summed E-state index contributed by atoms with van der Waals surface area (Å²) < 4.78 is 1.94. The summed E-state index contributed by atoms with van der Waals surface area (Å²) in [6.45, 7) is 1.16. The molecule has 0 spiro atoms. The lowest BCUT2D eigenvalue weighted by atomic mass is 10.2. The Morgan fingerprint density at radius 3 is 2.69 bits per heavy atom. The van der Waals surface area contributed by atoms with Gasteiger partial charge in [0.1, 0.15) is 0 Å². The number of hydrogen-bond acceptors (Lipinski definition) is 3. The van der Waals surface area contributed by atoms with Crippen molar-refractivity contribution >= 4 is 0 Å². The van der Waals surface area contributed by atoms with Crippen molar-refractivity contribution in [2.75, 3.05) is 0 Å². The standard InChI is InChI=1S/C12H13N3O/c13-8-11-7-10(1-4-14-11)9-15-5-2-12(16)3-6-15/h1-7H,8-9,13H2. The largest absolute Gasteiger partial charge is 0.350 e. The van der Waals surface area contributed by atoms with E-state index in [1.807, 2.05) is 16.7 Å². The molecule has 4 heteroatoms. The zero-order chi connectivity index (χ0) is 11.4. The Balaban J connectivity index is 2.20. The SMILES string of the molecule is NCc1cc(Cn2ccc(=O)cc2)ccn1. The lowest BCUT2D eigenvalue weighted by molar-refractivity contribution is 0.783. The molecule has 2 rings (SSSR count). The summed E-state index contributed by atoms with van der Waals surface area (Å²) in [4.78, 5) is 15.1. The van der Waals surface area contributed by atoms with Crippen LogP contribution in [-0.2, 0) is 13.1 Å². The van der Waals surface area contributed by atoms with Gasteiger partial charge in [0.15, 0.2) is 5.43 Å². The molecular formula is C12H13N3O. The highest BCUT2D eigenvalue weighted by molar-refractivity contribution is 5.17. The second-order valence-corrected chi connectivity index (χ2v) is 3.57. The van der Waals surface area contributed by atoms with Crippen molar-refractivity contribution in [3.8, 4) is 0 Å². The van der Waals surface area contributed by atoms with E-state index in [9.17, 15) is 4.79 Å². The van der Waals surface area contributed by atoms with Crippen LogP contribution in [0.3, 0.4) is 0 Å². The Morgan fingerprint density at radius 2 is 2.00 bits per heavy atom. The van der Waals surface area contributed by atoms with Gasteiger partial charge in [-0.25, -0.2) is 0 Å². The van der Waals surface area contributed by atoms with Crippen molar-refractivity contribution in [2.45, 2.75) is 13.1 Å². The molecule has 0 aliphatic carbocycles. The molecule has 0 amide bonds. The molecule has 0 radical (unpaired) electrons. The molecule has 0 atom stereocenters. The van der Waals surface area contributed by atoms with Gasteiger partial charge in [-0.05, 0) is 17.7 Å². The Morgan fingerprint density at radius 1 is 1.25 bits per heavy atom. The van der Waals surface area contributed by atoms with Crippen LogP contribution in [0.1, 0.15) is 11.3 Å². The van der Waals surface area contributed by atoms with Gasteiger partial charge in [0.05, 0.1) is 5.69 Å². The molecule has 2 N–H and O–H groups in total. The predicted molar refractivity (Wildman–Crippen MR) is 61.9 cm³/mol. The van der Waals surface area contributed by atoms with E-state index in [4.69, 9.17) is 5.73 Å². The molecule has 0 unspecified atom stereocenters. The molecule has 0 aliphatic heterocycles. The molecule has 2 aromatic rings. The van der Waals surface area contributed by atoms with E-state index in [2.05, 4.69) is 4.98 Å². The van der Waals surface area contributed by atoms with E-state index in [0.717, 1.165) is 17.8 Å². The van der Waals surface area contributed by atoms with E-state index < -0.39 is 0 Å².